The summed E-state index contributed by atoms with van der Waals surface area (Å²) in [5.74, 6) is 0.783. The average molecular weight is 541 g/mol. The highest BCUT2D eigenvalue weighted by Gasteiger charge is 2.50. The summed E-state index contributed by atoms with van der Waals surface area (Å²) in [6.07, 6.45) is 3.15. The molecule has 0 bridgehead atoms. The number of nitrogens with zero attached hydrogens (tertiary/aromatic N) is 3. The van der Waals surface area contributed by atoms with Crippen LogP contribution < -0.4 is 10.6 Å². The van der Waals surface area contributed by atoms with Crippen LogP contribution in [-0.4, -0.2) is 81.4 Å². The first-order valence-electron chi connectivity index (χ1n) is 9.44. The molecule has 2 aliphatic heterocycles. The molecule has 0 saturated carbocycles. The van der Waals surface area contributed by atoms with Gasteiger partial charge in [-0.05, 0) is 44.7 Å². The number of likely N-dealkylation sites (tertiary alicyclic amines) is 1. The average Bonchev–Trinajstić information content (AvgIpc) is 3.09. The van der Waals surface area contributed by atoms with Crippen molar-refractivity contribution in [1.82, 2.24) is 19.8 Å². The van der Waals surface area contributed by atoms with E-state index in [1.807, 2.05) is 0 Å². The van der Waals surface area contributed by atoms with Gasteiger partial charge in [0.15, 0.2) is 5.96 Å². The summed E-state index contributed by atoms with van der Waals surface area (Å²) >= 11 is 0. The van der Waals surface area contributed by atoms with Crippen LogP contribution in [0.4, 0.5) is 13.2 Å². The van der Waals surface area contributed by atoms with Crippen molar-refractivity contribution in [3.05, 3.63) is 0 Å². The van der Waals surface area contributed by atoms with E-state index >= 15 is 0 Å². The molecule has 0 aliphatic carbocycles. The first-order chi connectivity index (χ1) is 12.7. The fourth-order valence-electron chi connectivity index (χ4n) is 3.72. The number of rotatable bonds is 6. The largest absolute Gasteiger partial charge is 0.511 e. The molecule has 2 saturated heterocycles. The lowest BCUT2D eigenvalue weighted by molar-refractivity contribution is -0.0496. The molecule has 2 aliphatic rings. The second-order valence-corrected chi connectivity index (χ2v) is 8.98. The third kappa shape index (κ3) is 6.59. The predicted octanol–water partition coefficient (Wildman–Crippen LogP) is 1.82. The van der Waals surface area contributed by atoms with Crippen molar-refractivity contribution >= 4 is 40.0 Å². The number of likely N-dealkylation sites (N-methyl/N-ethyl adjacent to an activating group) is 1. The number of alkyl halides is 3. The molecule has 0 amide bonds. The fourth-order valence-corrected chi connectivity index (χ4v) is 4.70. The Bertz CT molecular complexity index is 610. The number of halogens is 4. The maximum absolute atomic E-state index is 12.6. The zero-order chi connectivity index (χ0) is 20.1. The van der Waals surface area contributed by atoms with E-state index in [9.17, 15) is 21.6 Å². The molecule has 166 valence electrons. The summed E-state index contributed by atoms with van der Waals surface area (Å²) in [7, 11) is -3.53. The highest BCUT2D eigenvalue weighted by atomic mass is 127. The van der Waals surface area contributed by atoms with Crippen molar-refractivity contribution in [3.8, 4) is 0 Å². The molecule has 0 aromatic carbocycles. The summed E-state index contributed by atoms with van der Waals surface area (Å²) in [5.41, 5.74) is -5.23. The maximum Gasteiger partial charge on any atom is 0.511 e. The highest BCUT2D eigenvalue weighted by molar-refractivity contribution is 14.0. The normalized spacial score (nSPS) is 23.5. The van der Waals surface area contributed by atoms with Crippen LogP contribution in [0.15, 0.2) is 4.99 Å². The highest BCUT2D eigenvalue weighted by Crippen LogP contribution is 2.30. The van der Waals surface area contributed by atoms with Crippen LogP contribution >= 0.6 is 24.0 Å². The van der Waals surface area contributed by atoms with E-state index in [1.165, 1.54) is 6.42 Å². The summed E-state index contributed by atoms with van der Waals surface area (Å²) in [4.78, 5) is 6.62. The third-order valence-electron chi connectivity index (χ3n) is 5.40. The number of piperidine rings is 1. The Labute approximate surface area is 182 Å². The molecule has 0 aromatic heterocycles. The number of sulfonamides is 1. The van der Waals surface area contributed by atoms with Crippen LogP contribution in [0.2, 0.25) is 0 Å². The molecular formula is C16H31F3IN5O2S. The minimum absolute atomic E-state index is 0. The van der Waals surface area contributed by atoms with Crippen LogP contribution in [0, 0.1) is 5.92 Å². The molecule has 2 N–H and O–H groups in total. The van der Waals surface area contributed by atoms with Crippen molar-refractivity contribution < 1.29 is 21.6 Å². The number of guanidine groups is 1. The lowest BCUT2D eigenvalue weighted by atomic mass is 9.98. The Kier molecular flexibility index (Phi) is 10.2. The molecule has 2 rings (SSSR count). The first-order valence-corrected chi connectivity index (χ1v) is 10.9. The van der Waals surface area contributed by atoms with Gasteiger partial charge >= 0.3 is 15.5 Å². The topological polar surface area (TPSA) is 77.0 Å². The van der Waals surface area contributed by atoms with Crippen molar-refractivity contribution in [1.29, 1.82) is 0 Å². The van der Waals surface area contributed by atoms with Gasteiger partial charge in [0.1, 0.15) is 0 Å². The van der Waals surface area contributed by atoms with Gasteiger partial charge in [0.05, 0.1) is 0 Å². The minimum Gasteiger partial charge on any atom is -0.356 e. The summed E-state index contributed by atoms with van der Waals surface area (Å²) < 4.78 is 61.3. The van der Waals surface area contributed by atoms with Gasteiger partial charge in [-0.25, -0.2) is 8.42 Å². The second-order valence-electron chi connectivity index (χ2n) is 7.05. The van der Waals surface area contributed by atoms with Crippen LogP contribution in [0.3, 0.4) is 0 Å². The van der Waals surface area contributed by atoms with Crippen LogP contribution in [0.1, 0.15) is 32.6 Å². The molecule has 1 unspecified atom stereocenters. The molecule has 0 spiro atoms. The Morgan fingerprint density at radius 2 is 1.71 bits per heavy atom. The quantitative estimate of drug-likeness (QED) is 0.305. The van der Waals surface area contributed by atoms with Crippen molar-refractivity contribution in [2.75, 3.05) is 46.3 Å². The molecule has 0 radical (unpaired) electrons. The van der Waals surface area contributed by atoms with Gasteiger partial charge < -0.3 is 10.6 Å². The van der Waals surface area contributed by atoms with Gasteiger partial charge in [-0.3, -0.25) is 9.89 Å². The van der Waals surface area contributed by atoms with Gasteiger partial charge in [0.2, 0.25) is 0 Å². The molecule has 2 fully saturated rings. The van der Waals surface area contributed by atoms with E-state index in [-0.39, 0.29) is 43.0 Å². The molecule has 28 heavy (non-hydrogen) atoms. The Morgan fingerprint density at radius 3 is 2.25 bits per heavy atom. The van der Waals surface area contributed by atoms with Gasteiger partial charge in [-0.15, -0.1) is 24.0 Å². The van der Waals surface area contributed by atoms with E-state index in [1.54, 1.807) is 7.05 Å². The number of hydrogen-bond acceptors (Lipinski definition) is 4. The summed E-state index contributed by atoms with van der Waals surface area (Å²) in [5, 5.41) is 6.52. The van der Waals surface area contributed by atoms with Crippen LogP contribution in [0.5, 0.6) is 0 Å². The number of nitrogens with one attached hydrogen (secondary N) is 2. The first kappa shape index (κ1) is 25.7. The van der Waals surface area contributed by atoms with Gasteiger partial charge in [0.25, 0.3) is 0 Å². The maximum atomic E-state index is 12.6. The van der Waals surface area contributed by atoms with Gasteiger partial charge in [0, 0.05) is 39.3 Å². The van der Waals surface area contributed by atoms with E-state index in [4.69, 9.17) is 0 Å². The minimum atomic E-state index is -5.23. The Hall–Kier alpha value is -0.340. The van der Waals surface area contributed by atoms with Crippen LogP contribution in [0.25, 0.3) is 0 Å². The third-order valence-corrected chi connectivity index (χ3v) is 7.03. The van der Waals surface area contributed by atoms with Crippen molar-refractivity contribution in [2.24, 2.45) is 10.9 Å². The van der Waals surface area contributed by atoms with Crippen molar-refractivity contribution in [2.45, 2.75) is 44.2 Å². The van der Waals surface area contributed by atoms with E-state index in [2.05, 4.69) is 27.4 Å². The molecule has 0 aromatic rings. The smallest absolute Gasteiger partial charge is 0.356 e. The van der Waals surface area contributed by atoms with Crippen molar-refractivity contribution in [3.63, 3.8) is 0 Å². The molecule has 2 heterocycles. The Balaban J connectivity index is 0.00000392. The van der Waals surface area contributed by atoms with E-state index in [0.717, 1.165) is 26.1 Å². The lowest BCUT2D eigenvalue weighted by Gasteiger charge is -2.32. The van der Waals surface area contributed by atoms with E-state index < -0.39 is 15.5 Å². The standard InChI is InChI=1S/C16H30F3N5O2S.HI/c1-3-23-8-4-5-14(23)12-22-15(20-2)21-11-13-6-9-24(10-7-13)27(25,26)16(17,18)19;/h13-14H,3-12H2,1-2H3,(H2,20,21,22);1H. The lowest BCUT2D eigenvalue weighted by Crippen LogP contribution is -2.48. The molecular weight excluding hydrogens is 510 g/mol. The summed E-state index contributed by atoms with van der Waals surface area (Å²) in [6.45, 7) is 5.45. The monoisotopic (exact) mass is 541 g/mol. The number of hydrogen-bond donors (Lipinski definition) is 2. The molecule has 7 nitrogen and oxygen atoms in total. The predicted molar refractivity (Wildman–Crippen MR) is 114 cm³/mol. The van der Waals surface area contributed by atoms with E-state index in [0.29, 0.717) is 35.7 Å². The molecule has 1 atom stereocenters. The van der Waals surface area contributed by atoms with Gasteiger partial charge in [-0.1, -0.05) is 6.92 Å². The van der Waals surface area contributed by atoms with Gasteiger partial charge in [-0.2, -0.15) is 17.5 Å². The fraction of sp³-hybridized carbons (Fsp3) is 0.938. The molecule has 12 heteroatoms. The zero-order valence-corrected chi connectivity index (χ0v) is 19.5. The van der Waals surface area contributed by atoms with Crippen LogP contribution in [-0.2, 0) is 10.0 Å². The number of aliphatic imine (C=N–C) groups is 1. The Morgan fingerprint density at radius 1 is 1.11 bits per heavy atom. The second kappa shape index (κ2) is 11.2. The SMILES string of the molecule is CCN1CCCC1CNC(=NC)NCC1CCN(S(=O)(=O)C(F)(F)F)CC1.I. The summed E-state index contributed by atoms with van der Waals surface area (Å²) in [6, 6.07) is 0.490. The zero-order valence-electron chi connectivity index (χ0n) is 16.3.